The second-order valence-electron chi connectivity index (χ2n) is 3.61. The van der Waals surface area contributed by atoms with E-state index in [1.165, 1.54) is 0 Å². The van der Waals surface area contributed by atoms with Crippen LogP contribution in [0.15, 0.2) is 18.2 Å². The lowest BCUT2D eigenvalue weighted by Gasteiger charge is -2.11. The fourth-order valence-electron chi connectivity index (χ4n) is 1.02. The maximum atomic E-state index is 5.75. The second kappa shape index (κ2) is 4.74. The predicted octanol–water partition coefficient (Wildman–Crippen LogP) is 2.31. The van der Waals surface area contributed by atoms with Crippen LogP contribution in [0.3, 0.4) is 0 Å². The molecule has 0 saturated carbocycles. The number of hydrogen-bond acceptors (Lipinski definition) is 3. The van der Waals surface area contributed by atoms with Gasteiger partial charge in [-0.25, -0.2) is 0 Å². The molecule has 0 bridgehead atoms. The van der Waals surface area contributed by atoms with Gasteiger partial charge in [-0.2, -0.15) is 0 Å². The van der Waals surface area contributed by atoms with Crippen LogP contribution >= 0.6 is 0 Å². The summed E-state index contributed by atoms with van der Waals surface area (Å²) in [4.78, 5) is 0. The minimum absolute atomic E-state index is 0.487. The molecule has 3 nitrogen and oxygen atoms in total. The third-order valence-corrected chi connectivity index (χ3v) is 1.79. The van der Waals surface area contributed by atoms with E-state index < -0.39 is 0 Å². The summed E-state index contributed by atoms with van der Waals surface area (Å²) in [5.41, 5.74) is 6.39. The monoisotopic (exact) mass is 195 g/mol. The smallest absolute Gasteiger partial charge is 0.145 e. The van der Waals surface area contributed by atoms with Crippen LogP contribution in [0.5, 0.6) is 11.5 Å². The first kappa shape index (κ1) is 10.7. The number of methoxy groups -OCH3 is 1. The maximum Gasteiger partial charge on any atom is 0.145 e. The molecule has 0 spiro atoms. The van der Waals surface area contributed by atoms with Gasteiger partial charge in [0.15, 0.2) is 0 Å². The standard InChI is InChI=1S/C11H17NO2/c1-8(2)7-14-11-6-9(13-3)4-5-10(11)12/h4-6,8H,7,12H2,1-3H3. The highest BCUT2D eigenvalue weighted by Gasteiger charge is 2.03. The average molecular weight is 195 g/mol. The SMILES string of the molecule is COc1ccc(N)c(OCC(C)C)c1. The van der Waals surface area contributed by atoms with Crippen molar-refractivity contribution in [2.45, 2.75) is 13.8 Å². The van der Waals surface area contributed by atoms with Gasteiger partial charge in [0.2, 0.25) is 0 Å². The first-order valence-corrected chi connectivity index (χ1v) is 4.69. The van der Waals surface area contributed by atoms with E-state index in [4.69, 9.17) is 15.2 Å². The average Bonchev–Trinajstić information content (AvgIpc) is 2.16. The Labute approximate surface area is 84.8 Å². The summed E-state index contributed by atoms with van der Waals surface area (Å²) in [6, 6.07) is 5.41. The molecule has 1 aromatic carbocycles. The molecule has 0 amide bonds. The molecule has 3 heteroatoms. The first-order valence-electron chi connectivity index (χ1n) is 4.69. The Morgan fingerprint density at radius 1 is 1.36 bits per heavy atom. The van der Waals surface area contributed by atoms with E-state index in [2.05, 4.69) is 13.8 Å². The van der Waals surface area contributed by atoms with Crippen molar-refractivity contribution in [1.29, 1.82) is 0 Å². The van der Waals surface area contributed by atoms with Crippen LogP contribution < -0.4 is 15.2 Å². The van der Waals surface area contributed by atoms with Gasteiger partial charge >= 0.3 is 0 Å². The van der Waals surface area contributed by atoms with E-state index in [9.17, 15) is 0 Å². The number of nitrogen functional groups attached to an aromatic ring is 1. The summed E-state index contributed by atoms with van der Waals surface area (Å²) >= 11 is 0. The second-order valence-corrected chi connectivity index (χ2v) is 3.61. The van der Waals surface area contributed by atoms with Gasteiger partial charge in [-0.1, -0.05) is 13.8 Å². The predicted molar refractivity (Wildman–Crippen MR) is 57.7 cm³/mol. The molecule has 0 atom stereocenters. The molecular weight excluding hydrogens is 178 g/mol. The molecule has 1 rings (SSSR count). The minimum atomic E-state index is 0.487. The van der Waals surface area contributed by atoms with E-state index in [0.29, 0.717) is 24.0 Å². The van der Waals surface area contributed by atoms with Gasteiger partial charge < -0.3 is 15.2 Å². The molecule has 0 aromatic heterocycles. The fraction of sp³-hybridized carbons (Fsp3) is 0.455. The number of benzene rings is 1. The zero-order chi connectivity index (χ0) is 10.6. The van der Waals surface area contributed by atoms with Crippen LogP contribution in [-0.2, 0) is 0 Å². The van der Waals surface area contributed by atoms with Crippen LogP contribution in [0, 0.1) is 5.92 Å². The van der Waals surface area contributed by atoms with Crippen molar-refractivity contribution in [2.24, 2.45) is 5.92 Å². The number of ether oxygens (including phenoxy) is 2. The largest absolute Gasteiger partial charge is 0.497 e. The van der Waals surface area contributed by atoms with Crippen molar-refractivity contribution in [1.82, 2.24) is 0 Å². The number of hydrogen-bond donors (Lipinski definition) is 1. The zero-order valence-electron chi connectivity index (χ0n) is 8.91. The van der Waals surface area contributed by atoms with E-state index in [1.807, 2.05) is 6.07 Å². The highest BCUT2D eigenvalue weighted by Crippen LogP contribution is 2.26. The van der Waals surface area contributed by atoms with Crippen LogP contribution in [0.1, 0.15) is 13.8 Å². The summed E-state index contributed by atoms with van der Waals surface area (Å²) < 4.78 is 10.6. The van der Waals surface area contributed by atoms with Gasteiger partial charge in [-0.05, 0) is 18.1 Å². The number of rotatable bonds is 4. The minimum Gasteiger partial charge on any atom is -0.497 e. The van der Waals surface area contributed by atoms with Gasteiger partial charge in [0.25, 0.3) is 0 Å². The van der Waals surface area contributed by atoms with Crippen LogP contribution in [-0.4, -0.2) is 13.7 Å². The van der Waals surface area contributed by atoms with Crippen molar-refractivity contribution < 1.29 is 9.47 Å². The molecule has 14 heavy (non-hydrogen) atoms. The van der Waals surface area contributed by atoms with Crippen molar-refractivity contribution in [3.05, 3.63) is 18.2 Å². The van der Waals surface area contributed by atoms with E-state index in [-0.39, 0.29) is 0 Å². The quantitative estimate of drug-likeness (QED) is 0.750. The Morgan fingerprint density at radius 2 is 2.07 bits per heavy atom. The maximum absolute atomic E-state index is 5.75. The molecule has 0 saturated heterocycles. The highest BCUT2D eigenvalue weighted by atomic mass is 16.5. The van der Waals surface area contributed by atoms with E-state index in [0.717, 1.165) is 5.75 Å². The summed E-state index contributed by atoms with van der Waals surface area (Å²) in [6.45, 7) is 4.85. The summed E-state index contributed by atoms with van der Waals surface area (Å²) in [7, 11) is 1.62. The molecule has 78 valence electrons. The molecule has 0 unspecified atom stereocenters. The van der Waals surface area contributed by atoms with Gasteiger partial charge in [-0.15, -0.1) is 0 Å². The third kappa shape index (κ3) is 2.83. The van der Waals surface area contributed by atoms with E-state index >= 15 is 0 Å². The topological polar surface area (TPSA) is 44.5 Å². The van der Waals surface area contributed by atoms with Gasteiger partial charge in [0.05, 0.1) is 19.4 Å². The molecule has 0 heterocycles. The molecule has 2 N–H and O–H groups in total. The Kier molecular flexibility index (Phi) is 3.63. The summed E-state index contributed by atoms with van der Waals surface area (Å²) in [5.74, 6) is 1.94. The summed E-state index contributed by atoms with van der Waals surface area (Å²) in [6.07, 6.45) is 0. The molecule has 1 aromatic rings. The number of nitrogens with two attached hydrogens (primary N) is 1. The molecule has 0 fully saturated rings. The van der Waals surface area contributed by atoms with Crippen molar-refractivity contribution in [3.8, 4) is 11.5 Å². The van der Waals surface area contributed by atoms with E-state index in [1.54, 1.807) is 19.2 Å². The number of anilines is 1. The Balaban J connectivity index is 2.73. The van der Waals surface area contributed by atoms with Gasteiger partial charge in [0, 0.05) is 6.07 Å². The Bertz CT molecular complexity index is 297. The van der Waals surface area contributed by atoms with Crippen LogP contribution in [0.2, 0.25) is 0 Å². The lowest BCUT2D eigenvalue weighted by atomic mass is 10.2. The van der Waals surface area contributed by atoms with Crippen molar-refractivity contribution in [3.63, 3.8) is 0 Å². The van der Waals surface area contributed by atoms with Crippen molar-refractivity contribution in [2.75, 3.05) is 19.5 Å². The fourth-order valence-corrected chi connectivity index (χ4v) is 1.02. The Morgan fingerprint density at radius 3 is 2.64 bits per heavy atom. The highest BCUT2D eigenvalue weighted by molar-refractivity contribution is 5.55. The molecule has 0 aliphatic rings. The summed E-state index contributed by atoms with van der Waals surface area (Å²) in [5, 5.41) is 0. The lowest BCUT2D eigenvalue weighted by molar-refractivity contribution is 0.271. The van der Waals surface area contributed by atoms with Crippen LogP contribution in [0.25, 0.3) is 0 Å². The Hall–Kier alpha value is -1.38. The lowest BCUT2D eigenvalue weighted by Crippen LogP contribution is -2.06. The first-order chi connectivity index (χ1) is 6.63. The zero-order valence-corrected chi connectivity index (χ0v) is 8.91. The third-order valence-electron chi connectivity index (χ3n) is 1.79. The molecule has 0 aliphatic carbocycles. The van der Waals surface area contributed by atoms with Gasteiger partial charge in [0.1, 0.15) is 11.5 Å². The molecule has 0 aliphatic heterocycles. The molecule has 0 radical (unpaired) electrons. The normalized spacial score (nSPS) is 10.3. The molecular formula is C11H17NO2. The van der Waals surface area contributed by atoms with Crippen molar-refractivity contribution >= 4 is 5.69 Å². The van der Waals surface area contributed by atoms with Gasteiger partial charge in [-0.3, -0.25) is 0 Å². The van der Waals surface area contributed by atoms with Crippen LogP contribution in [0.4, 0.5) is 5.69 Å².